The van der Waals surface area contributed by atoms with Crippen molar-refractivity contribution in [1.82, 2.24) is 5.32 Å². The third-order valence-electron chi connectivity index (χ3n) is 3.06. The molecular formula is C17H23NO. The fourth-order valence-corrected chi connectivity index (χ4v) is 2.06. The molecule has 1 atom stereocenters. The predicted molar refractivity (Wildman–Crippen MR) is 80.1 cm³/mol. The Labute approximate surface area is 116 Å². The number of hydrogen-bond donors (Lipinski definition) is 1. The van der Waals surface area contributed by atoms with Crippen molar-refractivity contribution in [1.29, 1.82) is 0 Å². The van der Waals surface area contributed by atoms with Gasteiger partial charge in [0, 0.05) is 5.56 Å². The monoisotopic (exact) mass is 257 g/mol. The smallest absolute Gasteiger partial charge is 0.252 e. The van der Waals surface area contributed by atoms with Gasteiger partial charge in [0.15, 0.2) is 0 Å². The van der Waals surface area contributed by atoms with Gasteiger partial charge in [0.05, 0.1) is 6.04 Å². The second-order valence-corrected chi connectivity index (χ2v) is 5.78. The van der Waals surface area contributed by atoms with Crippen LogP contribution in [0.2, 0.25) is 0 Å². The van der Waals surface area contributed by atoms with Crippen LogP contribution in [0.1, 0.15) is 56.5 Å². The van der Waals surface area contributed by atoms with E-state index in [9.17, 15) is 4.79 Å². The Morgan fingerprint density at radius 1 is 1.37 bits per heavy atom. The number of nitrogens with one attached hydrogen (secondary N) is 1. The minimum atomic E-state index is -0.189. The Kier molecular flexibility index (Phi) is 5.18. The van der Waals surface area contributed by atoms with Crippen molar-refractivity contribution >= 4 is 5.91 Å². The normalized spacial score (nSPS) is 12.6. The Balaban J connectivity index is 2.98. The average molecular weight is 257 g/mol. The molecule has 1 unspecified atom stereocenters. The molecule has 0 saturated heterocycles. The van der Waals surface area contributed by atoms with Crippen molar-refractivity contribution in [3.8, 4) is 12.3 Å². The average Bonchev–Trinajstić information content (AvgIpc) is 2.37. The molecule has 1 rings (SSSR count). The van der Waals surface area contributed by atoms with Crippen LogP contribution in [-0.2, 0) is 5.41 Å². The fraction of sp³-hybridized carbons (Fsp3) is 0.471. The Morgan fingerprint density at radius 3 is 2.53 bits per heavy atom. The Hall–Kier alpha value is -1.75. The van der Waals surface area contributed by atoms with E-state index >= 15 is 0 Å². The van der Waals surface area contributed by atoms with E-state index in [2.05, 4.69) is 38.9 Å². The maximum atomic E-state index is 12.3. The number of carbonyl (C=O) groups excluding carboxylic acids is 1. The van der Waals surface area contributed by atoms with Crippen LogP contribution in [0.4, 0.5) is 0 Å². The highest BCUT2D eigenvalue weighted by molar-refractivity contribution is 5.96. The number of rotatable bonds is 4. The highest BCUT2D eigenvalue weighted by Gasteiger charge is 2.21. The lowest BCUT2D eigenvalue weighted by Gasteiger charge is -2.23. The molecule has 1 amide bonds. The molecule has 19 heavy (non-hydrogen) atoms. The summed E-state index contributed by atoms with van der Waals surface area (Å²) in [6.45, 7) is 8.36. The largest absolute Gasteiger partial charge is 0.338 e. The van der Waals surface area contributed by atoms with Crippen LogP contribution in [0, 0.1) is 12.3 Å². The minimum Gasteiger partial charge on any atom is -0.338 e. The summed E-state index contributed by atoms with van der Waals surface area (Å²) >= 11 is 0. The van der Waals surface area contributed by atoms with Crippen LogP contribution in [0.15, 0.2) is 24.3 Å². The van der Waals surface area contributed by atoms with Crippen molar-refractivity contribution < 1.29 is 4.79 Å². The first kappa shape index (κ1) is 15.3. The van der Waals surface area contributed by atoms with Gasteiger partial charge >= 0.3 is 0 Å². The molecule has 1 N–H and O–H groups in total. The Morgan fingerprint density at radius 2 is 2.00 bits per heavy atom. The van der Waals surface area contributed by atoms with E-state index in [0.717, 1.165) is 18.4 Å². The molecule has 1 aromatic rings. The molecule has 0 bridgehead atoms. The van der Waals surface area contributed by atoms with Crippen LogP contribution in [-0.4, -0.2) is 11.9 Å². The third-order valence-corrected chi connectivity index (χ3v) is 3.06. The molecule has 0 aromatic heterocycles. The van der Waals surface area contributed by atoms with Gasteiger partial charge in [0.25, 0.3) is 5.91 Å². The molecule has 0 fully saturated rings. The first-order valence-corrected chi connectivity index (χ1v) is 6.76. The van der Waals surface area contributed by atoms with E-state index in [1.165, 1.54) is 0 Å². The first-order chi connectivity index (χ1) is 8.90. The van der Waals surface area contributed by atoms with E-state index in [1.807, 2.05) is 24.3 Å². The lowest BCUT2D eigenvalue weighted by Crippen LogP contribution is -2.35. The van der Waals surface area contributed by atoms with Gasteiger partial charge in [0.2, 0.25) is 0 Å². The van der Waals surface area contributed by atoms with Crippen LogP contribution < -0.4 is 5.32 Å². The molecular weight excluding hydrogens is 234 g/mol. The molecule has 0 aliphatic carbocycles. The van der Waals surface area contributed by atoms with Crippen LogP contribution >= 0.6 is 0 Å². The first-order valence-electron chi connectivity index (χ1n) is 6.76. The van der Waals surface area contributed by atoms with Gasteiger partial charge in [-0.1, -0.05) is 58.2 Å². The number of amides is 1. The molecule has 1 aromatic carbocycles. The molecule has 2 heteroatoms. The molecule has 0 saturated carbocycles. The van der Waals surface area contributed by atoms with Crippen molar-refractivity contribution in [3.63, 3.8) is 0 Å². The van der Waals surface area contributed by atoms with E-state index in [4.69, 9.17) is 6.42 Å². The quantitative estimate of drug-likeness (QED) is 0.822. The topological polar surface area (TPSA) is 29.1 Å². The molecule has 0 spiro atoms. The zero-order valence-electron chi connectivity index (χ0n) is 12.3. The van der Waals surface area contributed by atoms with Gasteiger partial charge < -0.3 is 5.32 Å². The molecule has 102 valence electrons. The van der Waals surface area contributed by atoms with E-state index < -0.39 is 0 Å². The predicted octanol–water partition coefficient (Wildman–Crippen LogP) is 3.52. The summed E-state index contributed by atoms with van der Waals surface area (Å²) in [7, 11) is 0. The van der Waals surface area contributed by atoms with Gasteiger partial charge in [-0.2, -0.15) is 0 Å². The summed E-state index contributed by atoms with van der Waals surface area (Å²) in [5.74, 6) is 2.55. The minimum absolute atomic E-state index is 0.0651. The van der Waals surface area contributed by atoms with Crippen molar-refractivity contribution in [2.75, 3.05) is 0 Å². The zero-order chi connectivity index (χ0) is 14.5. The Bertz CT molecular complexity index is 477. The summed E-state index contributed by atoms with van der Waals surface area (Å²) in [6, 6.07) is 7.51. The summed E-state index contributed by atoms with van der Waals surface area (Å²) in [5.41, 5.74) is 1.69. The molecule has 0 heterocycles. The SMILES string of the molecule is C#CC(CCC)NC(=O)c1ccccc1C(C)(C)C. The van der Waals surface area contributed by atoms with E-state index in [1.54, 1.807) is 0 Å². The zero-order valence-corrected chi connectivity index (χ0v) is 12.3. The molecule has 2 nitrogen and oxygen atoms in total. The number of benzene rings is 1. The molecule has 0 aliphatic rings. The highest BCUT2D eigenvalue weighted by atomic mass is 16.1. The van der Waals surface area contributed by atoms with Crippen molar-refractivity contribution in [3.05, 3.63) is 35.4 Å². The van der Waals surface area contributed by atoms with Crippen LogP contribution in [0.3, 0.4) is 0 Å². The summed E-state index contributed by atoms with van der Waals surface area (Å²) < 4.78 is 0. The van der Waals surface area contributed by atoms with Crippen molar-refractivity contribution in [2.24, 2.45) is 0 Å². The lowest BCUT2D eigenvalue weighted by molar-refractivity contribution is 0.0942. The fourth-order valence-electron chi connectivity index (χ4n) is 2.06. The number of hydrogen-bond acceptors (Lipinski definition) is 1. The standard InChI is InChI=1S/C17H23NO/c1-6-10-13(7-2)18-16(19)14-11-8-9-12-15(14)17(3,4)5/h2,8-9,11-13H,6,10H2,1,3-5H3,(H,18,19). The van der Waals surface area contributed by atoms with Crippen LogP contribution in [0.25, 0.3) is 0 Å². The summed E-state index contributed by atoms with van der Waals surface area (Å²) in [6.07, 6.45) is 7.20. The van der Waals surface area contributed by atoms with Gasteiger partial charge in [-0.05, 0) is 23.5 Å². The maximum absolute atomic E-state index is 12.3. The second-order valence-electron chi connectivity index (χ2n) is 5.78. The molecule has 0 radical (unpaired) electrons. The van der Waals surface area contributed by atoms with Gasteiger partial charge in [-0.15, -0.1) is 6.42 Å². The van der Waals surface area contributed by atoms with Crippen molar-refractivity contribution in [2.45, 2.75) is 52.0 Å². The van der Waals surface area contributed by atoms with E-state index in [0.29, 0.717) is 5.56 Å². The van der Waals surface area contributed by atoms with E-state index in [-0.39, 0.29) is 17.4 Å². The van der Waals surface area contributed by atoms with Gasteiger partial charge in [0.1, 0.15) is 0 Å². The van der Waals surface area contributed by atoms with Gasteiger partial charge in [-0.3, -0.25) is 4.79 Å². The lowest BCUT2D eigenvalue weighted by atomic mass is 9.83. The van der Waals surface area contributed by atoms with Crippen LogP contribution in [0.5, 0.6) is 0 Å². The summed E-state index contributed by atoms with van der Waals surface area (Å²) in [4.78, 5) is 12.3. The number of carbonyl (C=O) groups is 1. The van der Waals surface area contributed by atoms with Gasteiger partial charge in [-0.25, -0.2) is 0 Å². The number of terminal acetylenes is 1. The third kappa shape index (κ3) is 4.13. The maximum Gasteiger partial charge on any atom is 0.252 e. The highest BCUT2D eigenvalue weighted by Crippen LogP contribution is 2.25. The molecule has 0 aliphatic heterocycles. The second kappa shape index (κ2) is 6.43. The summed E-state index contributed by atoms with van der Waals surface area (Å²) in [5, 5.41) is 2.92.